The van der Waals surface area contributed by atoms with Gasteiger partial charge in [0, 0.05) is 16.8 Å². The quantitative estimate of drug-likeness (QED) is 0.212. The van der Waals surface area contributed by atoms with Crippen molar-refractivity contribution in [2.75, 3.05) is 0 Å². The molecule has 1 aromatic carbocycles. The first kappa shape index (κ1) is 30.2. The average molecular weight is 659 g/mol. The largest absolute Gasteiger partial charge is 0.415 e. The van der Waals surface area contributed by atoms with Gasteiger partial charge in [-0.05, 0) is 70.5 Å². The number of rotatable bonds is 8. The molecule has 0 spiro atoms. The highest BCUT2D eigenvalue weighted by Crippen LogP contribution is 2.40. The number of pyridine rings is 1. The molecule has 0 aliphatic rings. The summed E-state index contributed by atoms with van der Waals surface area (Å²) in [6.45, 7) is 8.07. The first-order valence-electron chi connectivity index (χ1n) is 12.3. The number of halogens is 5. The third kappa shape index (κ3) is 6.56. The molecule has 1 atom stereocenters. The van der Waals surface area contributed by atoms with Crippen molar-refractivity contribution in [1.29, 1.82) is 0 Å². The Bertz CT molecular complexity index is 1530. The summed E-state index contributed by atoms with van der Waals surface area (Å²) < 4.78 is 52.5. The summed E-state index contributed by atoms with van der Waals surface area (Å²) in [6, 6.07) is 11.6. The molecule has 0 saturated heterocycles. The Morgan fingerprint density at radius 3 is 2.33 bits per heavy atom. The average Bonchev–Trinajstić information content (AvgIpc) is 3.38. The maximum Gasteiger partial charge on any atom is 0.415 e. The molecule has 0 unspecified atom stereocenters. The topological polar surface area (TPSA) is 92.7 Å². The van der Waals surface area contributed by atoms with Gasteiger partial charge in [-0.25, -0.2) is 19.4 Å². The molecule has 214 valence electrons. The van der Waals surface area contributed by atoms with Gasteiger partial charge in [-0.1, -0.05) is 38.4 Å². The second-order valence-corrected chi connectivity index (χ2v) is 16.6. The summed E-state index contributed by atoms with van der Waals surface area (Å²) in [5.41, 5.74) is -0.343. The van der Waals surface area contributed by atoms with Crippen molar-refractivity contribution in [3.63, 3.8) is 0 Å². The van der Waals surface area contributed by atoms with Crippen LogP contribution in [-0.4, -0.2) is 54.7 Å². The minimum absolute atomic E-state index is 0.0398. The summed E-state index contributed by atoms with van der Waals surface area (Å²) >= 11 is 9.36. The second kappa shape index (κ2) is 11.2. The number of hydrogen-bond donors (Lipinski definition) is 0. The van der Waals surface area contributed by atoms with Crippen LogP contribution in [0.2, 0.25) is 23.2 Å². The third-order valence-corrected chi connectivity index (χ3v) is 12.0. The molecule has 40 heavy (non-hydrogen) atoms. The molecule has 0 radical (unpaired) electrons. The maximum absolute atomic E-state index is 14.3. The molecule has 0 saturated carbocycles. The molecule has 3 aromatic heterocycles. The predicted octanol–water partition coefficient (Wildman–Crippen LogP) is 6.10. The van der Waals surface area contributed by atoms with Crippen molar-refractivity contribution in [3.05, 3.63) is 74.7 Å². The highest BCUT2D eigenvalue weighted by atomic mass is 79.9. The molecule has 0 aliphatic carbocycles. The molecular weight excluding hydrogens is 631 g/mol. The van der Waals surface area contributed by atoms with E-state index in [2.05, 4.69) is 36.1 Å². The van der Waals surface area contributed by atoms with E-state index < -0.39 is 37.9 Å². The Kier molecular flexibility index (Phi) is 8.46. The monoisotopic (exact) mass is 657 g/mol. The first-order chi connectivity index (χ1) is 18.6. The van der Waals surface area contributed by atoms with Crippen LogP contribution in [0.4, 0.5) is 13.2 Å². The minimum atomic E-state index is -4.72. The van der Waals surface area contributed by atoms with E-state index in [1.54, 1.807) is 61.8 Å². The lowest BCUT2D eigenvalue weighted by Gasteiger charge is -2.39. The number of nitrogens with zero attached hydrogens (tertiary/aromatic N) is 7. The maximum atomic E-state index is 14.3. The van der Waals surface area contributed by atoms with Gasteiger partial charge < -0.3 is 4.43 Å². The summed E-state index contributed by atoms with van der Waals surface area (Å²) in [5, 5.41) is 8.73. The Hall–Kier alpha value is -2.81. The normalized spacial score (nSPS) is 13.6. The van der Waals surface area contributed by atoms with Gasteiger partial charge in [-0.15, -0.1) is 10.2 Å². The van der Waals surface area contributed by atoms with Gasteiger partial charge in [-0.2, -0.15) is 17.9 Å². The first-order valence-corrected chi connectivity index (χ1v) is 16.4. The molecule has 0 amide bonds. The van der Waals surface area contributed by atoms with E-state index in [1.807, 2.05) is 20.8 Å². The van der Waals surface area contributed by atoms with Crippen molar-refractivity contribution in [3.8, 4) is 17.2 Å². The summed E-state index contributed by atoms with van der Waals surface area (Å²) in [6.07, 6.45) is -5.34. The van der Waals surface area contributed by atoms with Crippen LogP contribution in [-0.2, 0) is 17.5 Å². The molecule has 0 N–H and O–H groups in total. The van der Waals surface area contributed by atoms with Crippen molar-refractivity contribution in [2.24, 2.45) is 0 Å². The zero-order chi connectivity index (χ0) is 29.5. The highest BCUT2D eigenvalue weighted by Gasteiger charge is 2.48. The highest BCUT2D eigenvalue weighted by molar-refractivity contribution is 9.10. The lowest BCUT2D eigenvalue weighted by atomic mass is 10.2. The van der Waals surface area contributed by atoms with Crippen LogP contribution in [0, 0.1) is 0 Å². The van der Waals surface area contributed by atoms with E-state index in [0.717, 1.165) is 9.25 Å². The second-order valence-electron chi connectivity index (χ2n) is 10.7. The number of benzene rings is 1. The van der Waals surface area contributed by atoms with Gasteiger partial charge >= 0.3 is 11.9 Å². The molecule has 0 aliphatic heterocycles. The van der Waals surface area contributed by atoms with Crippen LogP contribution < -0.4 is 5.69 Å². The number of hydrogen-bond acceptors (Lipinski definition) is 6. The van der Waals surface area contributed by atoms with Gasteiger partial charge in [0.15, 0.2) is 31.9 Å². The Morgan fingerprint density at radius 2 is 1.75 bits per heavy atom. The fourth-order valence-corrected chi connectivity index (χ4v) is 5.45. The zero-order valence-corrected chi connectivity index (χ0v) is 25.8. The van der Waals surface area contributed by atoms with Crippen LogP contribution in [0.25, 0.3) is 17.2 Å². The van der Waals surface area contributed by atoms with Gasteiger partial charge in [0.25, 0.3) is 0 Å². The van der Waals surface area contributed by atoms with Crippen LogP contribution in [0.3, 0.4) is 0 Å². The molecule has 4 rings (SSSR count). The standard InChI is InChI=1S/C25H28BrClF3N7O2Si/c1-24(2,3)40(4,5)39-18(25(28,29)30)14-35-21(16-9-11-17(27)12-10-16)34-36(23(35)38)15-19-32-22(26)37(33-19)20-8-6-7-13-31-20/h6-13,18H,14-15H2,1-5H3/t18-/m0/s1. The van der Waals surface area contributed by atoms with Gasteiger partial charge in [0.2, 0.25) is 4.73 Å². The SMILES string of the molecule is CC(C)(C)[Si](C)(C)O[C@@H](Cn1c(-c2ccc(Cl)cc2)nn(Cc2nc(Br)n(-c3ccccn3)n2)c1=O)C(F)(F)F. The van der Waals surface area contributed by atoms with Gasteiger partial charge in [0.1, 0.15) is 6.54 Å². The molecule has 4 aromatic rings. The lowest BCUT2D eigenvalue weighted by Crippen LogP contribution is -2.50. The van der Waals surface area contributed by atoms with Crippen molar-refractivity contribution in [2.45, 2.75) is 64.3 Å². The van der Waals surface area contributed by atoms with Gasteiger partial charge in [0.05, 0.1) is 6.54 Å². The van der Waals surface area contributed by atoms with E-state index in [-0.39, 0.29) is 18.2 Å². The van der Waals surface area contributed by atoms with E-state index in [9.17, 15) is 18.0 Å². The molecule has 3 heterocycles. The summed E-state index contributed by atoms with van der Waals surface area (Å²) in [7, 11) is -2.86. The molecule has 0 bridgehead atoms. The lowest BCUT2D eigenvalue weighted by molar-refractivity contribution is -0.202. The fraction of sp³-hybridized carbons (Fsp3) is 0.400. The van der Waals surface area contributed by atoms with Crippen molar-refractivity contribution < 1.29 is 17.6 Å². The van der Waals surface area contributed by atoms with Crippen LogP contribution >= 0.6 is 27.5 Å². The van der Waals surface area contributed by atoms with E-state index >= 15 is 0 Å². The molecule has 15 heteroatoms. The van der Waals surface area contributed by atoms with E-state index in [0.29, 0.717) is 21.1 Å². The Labute approximate surface area is 243 Å². The van der Waals surface area contributed by atoms with Crippen molar-refractivity contribution >= 4 is 35.8 Å². The van der Waals surface area contributed by atoms with E-state index in [1.165, 1.54) is 4.68 Å². The number of aromatic nitrogens is 7. The van der Waals surface area contributed by atoms with Crippen LogP contribution in [0.1, 0.15) is 26.6 Å². The summed E-state index contributed by atoms with van der Waals surface area (Å²) in [4.78, 5) is 22.1. The van der Waals surface area contributed by atoms with E-state index in [4.69, 9.17) is 16.0 Å². The minimum Gasteiger partial charge on any atom is -0.404 e. The fourth-order valence-electron chi connectivity index (χ4n) is 3.59. The number of alkyl halides is 3. The summed E-state index contributed by atoms with van der Waals surface area (Å²) in [5.74, 6) is 0.735. The smallest absolute Gasteiger partial charge is 0.404 e. The predicted molar refractivity (Wildman–Crippen MR) is 151 cm³/mol. The molecular formula is C25H28BrClF3N7O2Si. The molecule has 9 nitrogen and oxygen atoms in total. The molecule has 0 fully saturated rings. The van der Waals surface area contributed by atoms with Crippen molar-refractivity contribution in [1.82, 2.24) is 34.1 Å². The third-order valence-electron chi connectivity index (χ3n) is 6.75. The zero-order valence-electron chi connectivity index (χ0n) is 22.4. The Balaban J connectivity index is 1.76. The Morgan fingerprint density at radius 1 is 1.07 bits per heavy atom. The van der Waals surface area contributed by atoms with Crippen LogP contribution in [0.15, 0.2) is 58.2 Å². The van der Waals surface area contributed by atoms with Gasteiger partial charge in [-0.3, -0.25) is 4.57 Å². The van der Waals surface area contributed by atoms with Crippen LogP contribution in [0.5, 0.6) is 0 Å².